The zero-order valence-electron chi connectivity index (χ0n) is 15.3. The molecule has 0 bridgehead atoms. The van der Waals surface area contributed by atoms with Crippen molar-refractivity contribution in [3.05, 3.63) is 0 Å². The molecule has 0 aliphatic heterocycles. The SMILES string of the molecule is CN=C(NCCN(C)CCCOC)NCC(C)(C)NS(C)(=O)=O. The molecule has 0 aromatic carbocycles. The van der Waals surface area contributed by atoms with Crippen LogP contribution in [0.1, 0.15) is 20.3 Å². The Balaban J connectivity index is 4.08. The minimum absolute atomic E-state index is 0.434. The molecule has 0 saturated carbocycles. The van der Waals surface area contributed by atoms with Crippen LogP contribution in [-0.4, -0.2) is 85.1 Å². The van der Waals surface area contributed by atoms with Crippen LogP contribution in [0.15, 0.2) is 4.99 Å². The largest absolute Gasteiger partial charge is 0.385 e. The molecule has 0 radical (unpaired) electrons. The average molecular weight is 352 g/mol. The summed E-state index contributed by atoms with van der Waals surface area (Å²) in [6, 6.07) is 0. The van der Waals surface area contributed by atoms with E-state index in [-0.39, 0.29) is 0 Å². The summed E-state index contributed by atoms with van der Waals surface area (Å²) >= 11 is 0. The molecule has 23 heavy (non-hydrogen) atoms. The number of ether oxygens (including phenoxy) is 1. The number of likely N-dealkylation sites (N-methyl/N-ethyl adjacent to an activating group) is 1. The highest BCUT2D eigenvalue weighted by atomic mass is 32.2. The zero-order chi connectivity index (χ0) is 17.9. The minimum Gasteiger partial charge on any atom is -0.385 e. The van der Waals surface area contributed by atoms with E-state index in [2.05, 4.69) is 32.3 Å². The van der Waals surface area contributed by atoms with Gasteiger partial charge in [-0.3, -0.25) is 4.99 Å². The summed E-state index contributed by atoms with van der Waals surface area (Å²) in [5, 5.41) is 6.35. The van der Waals surface area contributed by atoms with Crippen molar-refractivity contribution in [2.45, 2.75) is 25.8 Å². The molecule has 0 aromatic heterocycles. The lowest BCUT2D eigenvalue weighted by atomic mass is 10.1. The molecule has 0 fully saturated rings. The predicted molar refractivity (Wildman–Crippen MR) is 95.4 cm³/mol. The summed E-state index contributed by atoms with van der Waals surface area (Å²) in [6.45, 7) is 7.45. The summed E-state index contributed by atoms with van der Waals surface area (Å²) in [5.74, 6) is 0.652. The van der Waals surface area contributed by atoms with Crippen molar-refractivity contribution in [3.63, 3.8) is 0 Å². The Morgan fingerprint density at radius 2 is 1.91 bits per heavy atom. The topological polar surface area (TPSA) is 95.1 Å². The van der Waals surface area contributed by atoms with E-state index in [0.29, 0.717) is 12.5 Å². The summed E-state index contributed by atoms with van der Waals surface area (Å²) in [7, 11) is 2.21. The molecule has 0 aromatic rings. The Morgan fingerprint density at radius 3 is 2.43 bits per heavy atom. The van der Waals surface area contributed by atoms with Gasteiger partial charge in [0, 0.05) is 52.5 Å². The van der Waals surface area contributed by atoms with Gasteiger partial charge in [-0.25, -0.2) is 13.1 Å². The second-order valence-electron chi connectivity index (χ2n) is 6.26. The van der Waals surface area contributed by atoms with Crippen LogP contribution < -0.4 is 15.4 Å². The van der Waals surface area contributed by atoms with E-state index >= 15 is 0 Å². The van der Waals surface area contributed by atoms with Gasteiger partial charge in [0.25, 0.3) is 0 Å². The van der Waals surface area contributed by atoms with Crippen molar-refractivity contribution in [2.75, 3.05) is 60.2 Å². The Labute approximate surface area is 141 Å². The van der Waals surface area contributed by atoms with E-state index < -0.39 is 15.6 Å². The van der Waals surface area contributed by atoms with Gasteiger partial charge >= 0.3 is 0 Å². The number of guanidine groups is 1. The van der Waals surface area contributed by atoms with Crippen molar-refractivity contribution in [3.8, 4) is 0 Å². The molecule has 138 valence electrons. The number of methoxy groups -OCH3 is 1. The monoisotopic (exact) mass is 351 g/mol. The van der Waals surface area contributed by atoms with Gasteiger partial charge in [-0.05, 0) is 27.3 Å². The molecule has 0 rings (SSSR count). The molecular weight excluding hydrogens is 318 g/mol. The number of sulfonamides is 1. The van der Waals surface area contributed by atoms with Crippen LogP contribution in [0.2, 0.25) is 0 Å². The second kappa shape index (κ2) is 10.8. The fourth-order valence-electron chi connectivity index (χ4n) is 2.02. The zero-order valence-corrected chi connectivity index (χ0v) is 16.1. The molecule has 3 N–H and O–H groups in total. The molecule has 0 unspecified atom stereocenters. The first kappa shape index (κ1) is 22.1. The Bertz CT molecular complexity index is 451. The van der Waals surface area contributed by atoms with Gasteiger partial charge in [-0.1, -0.05) is 0 Å². The quantitative estimate of drug-likeness (QED) is 0.263. The Kier molecular flexibility index (Phi) is 10.4. The first-order valence-electron chi connectivity index (χ1n) is 7.70. The van der Waals surface area contributed by atoms with Gasteiger partial charge in [0.15, 0.2) is 5.96 Å². The van der Waals surface area contributed by atoms with Gasteiger partial charge in [-0.15, -0.1) is 0 Å². The molecule has 0 aliphatic rings. The van der Waals surface area contributed by atoms with Crippen molar-refractivity contribution >= 4 is 16.0 Å². The van der Waals surface area contributed by atoms with E-state index in [9.17, 15) is 8.42 Å². The lowest BCUT2D eigenvalue weighted by Gasteiger charge is -2.26. The smallest absolute Gasteiger partial charge is 0.209 e. The number of nitrogens with zero attached hydrogens (tertiary/aromatic N) is 2. The Hall–Kier alpha value is -0.900. The normalized spacial score (nSPS) is 13.4. The number of rotatable bonds is 11. The van der Waals surface area contributed by atoms with Crippen LogP contribution in [0, 0.1) is 0 Å². The van der Waals surface area contributed by atoms with Crippen LogP contribution in [0.4, 0.5) is 0 Å². The number of aliphatic imine (C=N–C) groups is 1. The van der Waals surface area contributed by atoms with Crippen molar-refractivity contribution < 1.29 is 13.2 Å². The third kappa shape index (κ3) is 13.3. The molecule has 0 heterocycles. The predicted octanol–water partition coefficient (Wildman–Crippen LogP) is -0.552. The summed E-state index contributed by atoms with van der Waals surface area (Å²) in [4.78, 5) is 6.36. The van der Waals surface area contributed by atoms with Gasteiger partial charge in [0.1, 0.15) is 0 Å². The summed E-state index contributed by atoms with van der Waals surface area (Å²) in [6.07, 6.45) is 2.16. The van der Waals surface area contributed by atoms with Crippen LogP contribution >= 0.6 is 0 Å². The molecule has 0 spiro atoms. The third-order valence-electron chi connectivity index (χ3n) is 3.06. The maximum atomic E-state index is 11.3. The van der Waals surface area contributed by atoms with Gasteiger partial charge in [-0.2, -0.15) is 0 Å². The fourth-order valence-corrected chi connectivity index (χ4v) is 3.09. The standard InChI is InChI=1S/C14H33N5O3S/c1-14(2,18-23(6,20)21)12-17-13(15-3)16-8-10-19(4)9-7-11-22-5/h18H,7-12H2,1-6H3,(H2,15,16,17). The number of hydrogen-bond donors (Lipinski definition) is 3. The summed E-state index contributed by atoms with van der Waals surface area (Å²) < 4.78 is 30.2. The third-order valence-corrected chi connectivity index (χ3v) is 3.98. The van der Waals surface area contributed by atoms with Gasteiger partial charge in [0.05, 0.1) is 6.26 Å². The van der Waals surface area contributed by atoms with E-state index in [1.807, 2.05) is 13.8 Å². The van der Waals surface area contributed by atoms with Crippen LogP contribution in [0.5, 0.6) is 0 Å². The van der Waals surface area contributed by atoms with E-state index in [1.54, 1.807) is 14.2 Å². The van der Waals surface area contributed by atoms with E-state index in [1.165, 1.54) is 0 Å². The van der Waals surface area contributed by atoms with Gasteiger partial charge < -0.3 is 20.3 Å². The lowest BCUT2D eigenvalue weighted by molar-refractivity contribution is 0.180. The minimum atomic E-state index is -3.24. The molecule has 9 heteroatoms. The van der Waals surface area contributed by atoms with Crippen LogP contribution in [-0.2, 0) is 14.8 Å². The highest BCUT2D eigenvalue weighted by Gasteiger charge is 2.22. The van der Waals surface area contributed by atoms with Gasteiger partial charge in [0.2, 0.25) is 10.0 Å². The fraction of sp³-hybridized carbons (Fsp3) is 0.929. The molecule has 0 aliphatic carbocycles. The lowest BCUT2D eigenvalue weighted by Crippen LogP contribution is -2.53. The highest BCUT2D eigenvalue weighted by molar-refractivity contribution is 7.88. The molecule has 8 nitrogen and oxygen atoms in total. The second-order valence-corrected chi connectivity index (χ2v) is 8.01. The number of nitrogens with one attached hydrogen (secondary N) is 3. The van der Waals surface area contributed by atoms with E-state index in [0.717, 1.165) is 38.9 Å². The van der Waals surface area contributed by atoms with Crippen LogP contribution in [0.3, 0.4) is 0 Å². The van der Waals surface area contributed by atoms with Crippen molar-refractivity contribution in [2.24, 2.45) is 4.99 Å². The molecule has 0 atom stereocenters. The maximum absolute atomic E-state index is 11.3. The van der Waals surface area contributed by atoms with Crippen LogP contribution in [0.25, 0.3) is 0 Å². The maximum Gasteiger partial charge on any atom is 0.209 e. The van der Waals surface area contributed by atoms with E-state index in [4.69, 9.17) is 4.74 Å². The first-order chi connectivity index (χ1) is 10.6. The van der Waals surface area contributed by atoms with Crippen molar-refractivity contribution in [1.29, 1.82) is 0 Å². The highest BCUT2D eigenvalue weighted by Crippen LogP contribution is 2.01. The molecule has 0 saturated heterocycles. The molecule has 0 amide bonds. The van der Waals surface area contributed by atoms with Crippen molar-refractivity contribution in [1.82, 2.24) is 20.3 Å². The Morgan fingerprint density at radius 1 is 1.26 bits per heavy atom. The average Bonchev–Trinajstić information content (AvgIpc) is 2.40. The summed E-state index contributed by atoms with van der Waals surface area (Å²) in [5.41, 5.74) is -0.595. The first-order valence-corrected chi connectivity index (χ1v) is 9.60. The number of hydrogen-bond acceptors (Lipinski definition) is 5. The molecular formula is C14H33N5O3S.